The van der Waals surface area contributed by atoms with Crippen LogP contribution in [0.15, 0.2) is 0 Å². The highest BCUT2D eigenvalue weighted by molar-refractivity contribution is 5.02. The summed E-state index contributed by atoms with van der Waals surface area (Å²) in [5, 5.41) is 0. The Labute approximate surface area is 142 Å². The summed E-state index contributed by atoms with van der Waals surface area (Å²) in [6, 6.07) is 0.927. The predicted octanol–water partition coefficient (Wildman–Crippen LogP) is 1.43. The second-order valence-electron chi connectivity index (χ2n) is 9.12. The fourth-order valence-corrected chi connectivity index (χ4v) is 5.44. The van der Waals surface area contributed by atoms with Crippen LogP contribution in [0.25, 0.3) is 0 Å². The number of rotatable bonds is 3. The van der Waals surface area contributed by atoms with Crippen molar-refractivity contribution in [2.45, 2.75) is 38.1 Å². The fourth-order valence-electron chi connectivity index (χ4n) is 5.44. The van der Waals surface area contributed by atoms with E-state index in [0.29, 0.717) is 0 Å². The molecule has 1 unspecified atom stereocenters. The molecule has 1 spiro atoms. The van der Waals surface area contributed by atoms with Crippen molar-refractivity contribution in [1.82, 2.24) is 19.6 Å². The summed E-state index contributed by atoms with van der Waals surface area (Å²) in [7, 11) is 4.54. The molecule has 4 rings (SSSR count). The zero-order valence-corrected chi connectivity index (χ0v) is 15.3. The molecule has 4 heteroatoms. The number of piperazine rings is 1. The molecule has 3 heterocycles. The minimum Gasteiger partial charge on any atom is -0.306 e. The zero-order valence-electron chi connectivity index (χ0n) is 15.3. The van der Waals surface area contributed by atoms with Crippen molar-refractivity contribution < 1.29 is 0 Å². The number of hydrogen-bond donors (Lipinski definition) is 0. The Morgan fingerprint density at radius 1 is 0.826 bits per heavy atom. The Morgan fingerprint density at radius 2 is 1.48 bits per heavy atom. The van der Waals surface area contributed by atoms with Gasteiger partial charge < -0.3 is 19.6 Å². The third kappa shape index (κ3) is 3.60. The molecular formula is C19H36N4. The summed E-state index contributed by atoms with van der Waals surface area (Å²) in [5.74, 6) is 0.937. The second-order valence-corrected chi connectivity index (χ2v) is 9.12. The maximum absolute atomic E-state index is 2.85. The molecule has 1 saturated carbocycles. The molecule has 3 aliphatic heterocycles. The van der Waals surface area contributed by atoms with Gasteiger partial charge in [0.25, 0.3) is 0 Å². The van der Waals surface area contributed by atoms with Gasteiger partial charge in [-0.15, -0.1) is 0 Å². The van der Waals surface area contributed by atoms with Crippen LogP contribution in [0.4, 0.5) is 0 Å². The van der Waals surface area contributed by atoms with Crippen molar-refractivity contribution in [2.75, 3.05) is 73.0 Å². The molecule has 0 radical (unpaired) electrons. The SMILES string of the molecule is CN1CCN(CC2CCN(C3CC4(CCN(C)CC4)C3)C2)CC1. The van der Waals surface area contributed by atoms with Gasteiger partial charge in [-0.25, -0.2) is 0 Å². The first-order valence-electron chi connectivity index (χ1n) is 9.95. The van der Waals surface area contributed by atoms with Gasteiger partial charge in [0.1, 0.15) is 0 Å². The molecular weight excluding hydrogens is 284 g/mol. The minimum atomic E-state index is 0.743. The van der Waals surface area contributed by atoms with E-state index >= 15 is 0 Å². The number of hydrogen-bond acceptors (Lipinski definition) is 4. The first kappa shape index (κ1) is 16.3. The standard InChI is InChI=1S/C19H36N4/c1-20-7-4-19(5-8-20)13-18(14-19)23-6-3-17(16-23)15-22-11-9-21(2)10-12-22/h17-18H,3-16H2,1-2H3. The highest BCUT2D eigenvalue weighted by Crippen LogP contribution is 2.51. The Bertz CT molecular complexity index is 388. The van der Waals surface area contributed by atoms with Crippen molar-refractivity contribution in [1.29, 1.82) is 0 Å². The number of piperidine rings is 1. The van der Waals surface area contributed by atoms with E-state index in [0.717, 1.165) is 17.4 Å². The number of likely N-dealkylation sites (tertiary alicyclic amines) is 2. The molecule has 4 aliphatic rings. The normalized spacial score (nSPS) is 35.0. The van der Waals surface area contributed by atoms with Crippen molar-refractivity contribution in [2.24, 2.45) is 11.3 Å². The van der Waals surface area contributed by atoms with Crippen molar-refractivity contribution in [3.63, 3.8) is 0 Å². The predicted molar refractivity (Wildman–Crippen MR) is 95.8 cm³/mol. The Balaban J connectivity index is 1.20. The van der Waals surface area contributed by atoms with Crippen LogP contribution in [0.2, 0.25) is 0 Å². The van der Waals surface area contributed by atoms with Gasteiger partial charge in [0.05, 0.1) is 0 Å². The van der Waals surface area contributed by atoms with Gasteiger partial charge in [-0.2, -0.15) is 0 Å². The van der Waals surface area contributed by atoms with Gasteiger partial charge in [0.15, 0.2) is 0 Å². The van der Waals surface area contributed by atoms with Crippen LogP contribution < -0.4 is 0 Å². The molecule has 0 aromatic heterocycles. The van der Waals surface area contributed by atoms with Crippen LogP contribution in [0.1, 0.15) is 32.1 Å². The summed E-state index contributed by atoms with van der Waals surface area (Å²) in [6.07, 6.45) is 7.36. The van der Waals surface area contributed by atoms with E-state index in [1.165, 1.54) is 91.0 Å². The molecule has 1 atom stereocenters. The molecule has 132 valence electrons. The molecule has 0 aromatic rings. The monoisotopic (exact) mass is 320 g/mol. The topological polar surface area (TPSA) is 13.0 Å². The summed E-state index contributed by atoms with van der Waals surface area (Å²) in [4.78, 5) is 10.5. The van der Waals surface area contributed by atoms with Crippen LogP contribution in [0.3, 0.4) is 0 Å². The Morgan fingerprint density at radius 3 is 2.17 bits per heavy atom. The highest BCUT2D eigenvalue weighted by atomic mass is 15.3. The Kier molecular flexibility index (Phi) is 4.70. The number of likely N-dealkylation sites (N-methyl/N-ethyl adjacent to an activating group) is 1. The van der Waals surface area contributed by atoms with E-state index in [1.54, 1.807) is 0 Å². The maximum atomic E-state index is 2.85. The quantitative estimate of drug-likeness (QED) is 0.780. The largest absolute Gasteiger partial charge is 0.306 e. The lowest BCUT2D eigenvalue weighted by Crippen LogP contribution is -2.54. The van der Waals surface area contributed by atoms with Gasteiger partial charge in [-0.3, -0.25) is 0 Å². The van der Waals surface area contributed by atoms with Crippen molar-refractivity contribution in [3.05, 3.63) is 0 Å². The first-order chi connectivity index (χ1) is 11.1. The molecule has 0 bridgehead atoms. The van der Waals surface area contributed by atoms with E-state index in [-0.39, 0.29) is 0 Å². The second kappa shape index (κ2) is 6.62. The van der Waals surface area contributed by atoms with Gasteiger partial charge in [0.2, 0.25) is 0 Å². The minimum absolute atomic E-state index is 0.743. The van der Waals surface area contributed by atoms with Gasteiger partial charge >= 0.3 is 0 Å². The molecule has 0 amide bonds. The van der Waals surface area contributed by atoms with E-state index in [1.807, 2.05) is 0 Å². The third-order valence-electron chi connectivity index (χ3n) is 7.33. The molecule has 0 aromatic carbocycles. The average Bonchev–Trinajstić information content (AvgIpc) is 2.97. The molecule has 4 nitrogen and oxygen atoms in total. The molecule has 23 heavy (non-hydrogen) atoms. The lowest BCUT2D eigenvalue weighted by molar-refractivity contribution is -0.0326. The van der Waals surface area contributed by atoms with Crippen molar-refractivity contribution >= 4 is 0 Å². The fraction of sp³-hybridized carbons (Fsp3) is 1.00. The Hall–Kier alpha value is -0.160. The lowest BCUT2D eigenvalue weighted by atomic mass is 9.60. The molecule has 4 fully saturated rings. The third-order valence-corrected chi connectivity index (χ3v) is 7.33. The summed E-state index contributed by atoms with van der Waals surface area (Å²) >= 11 is 0. The lowest BCUT2D eigenvalue weighted by Gasteiger charge is -2.54. The number of nitrogens with zero attached hydrogens (tertiary/aromatic N) is 4. The average molecular weight is 321 g/mol. The van der Waals surface area contributed by atoms with Gasteiger partial charge in [0, 0.05) is 45.3 Å². The van der Waals surface area contributed by atoms with Gasteiger partial charge in [-0.1, -0.05) is 0 Å². The smallest absolute Gasteiger partial charge is 0.0110 e. The summed E-state index contributed by atoms with van der Waals surface area (Å²) in [5.41, 5.74) is 0.743. The maximum Gasteiger partial charge on any atom is 0.0110 e. The summed E-state index contributed by atoms with van der Waals surface area (Å²) in [6.45, 7) is 11.9. The van der Waals surface area contributed by atoms with Crippen LogP contribution in [-0.2, 0) is 0 Å². The van der Waals surface area contributed by atoms with E-state index in [4.69, 9.17) is 0 Å². The molecule has 0 N–H and O–H groups in total. The highest BCUT2D eigenvalue weighted by Gasteiger charge is 2.48. The van der Waals surface area contributed by atoms with Crippen LogP contribution in [0, 0.1) is 11.3 Å². The van der Waals surface area contributed by atoms with Gasteiger partial charge in [-0.05, 0) is 77.2 Å². The van der Waals surface area contributed by atoms with E-state index in [2.05, 4.69) is 33.7 Å². The summed E-state index contributed by atoms with van der Waals surface area (Å²) < 4.78 is 0. The van der Waals surface area contributed by atoms with Crippen LogP contribution in [-0.4, -0.2) is 98.6 Å². The molecule has 1 aliphatic carbocycles. The zero-order chi connectivity index (χ0) is 15.9. The first-order valence-corrected chi connectivity index (χ1v) is 9.95. The molecule has 3 saturated heterocycles. The van der Waals surface area contributed by atoms with E-state index < -0.39 is 0 Å². The van der Waals surface area contributed by atoms with Crippen molar-refractivity contribution in [3.8, 4) is 0 Å². The van der Waals surface area contributed by atoms with E-state index in [9.17, 15) is 0 Å². The van der Waals surface area contributed by atoms with Crippen LogP contribution in [0.5, 0.6) is 0 Å². The van der Waals surface area contributed by atoms with Crippen LogP contribution >= 0.6 is 0 Å².